The lowest BCUT2D eigenvalue weighted by molar-refractivity contribution is -0.138. The molecule has 0 fully saturated rings. The van der Waals surface area contributed by atoms with Gasteiger partial charge in [0.15, 0.2) is 0 Å². The Kier molecular flexibility index (Phi) is 4.52. The Morgan fingerprint density at radius 1 is 1.42 bits per heavy atom. The summed E-state index contributed by atoms with van der Waals surface area (Å²) in [5.41, 5.74) is -1.34. The second-order valence-corrected chi connectivity index (χ2v) is 3.73. The quantitative estimate of drug-likeness (QED) is 0.664. The number of halogens is 4. The normalized spacial score (nSPS) is 11.2. The minimum atomic E-state index is -4.64. The van der Waals surface area contributed by atoms with Crippen molar-refractivity contribution in [2.45, 2.75) is 6.18 Å². The Balaban J connectivity index is 3.11. The van der Waals surface area contributed by atoms with E-state index < -0.39 is 30.1 Å². The first-order valence-corrected chi connectivity index (χ1v) is 5.20. The van der Waals surface area contributed by atoms with Gasteiger partial charge >= 0.3 is 12.1 Å². The van der Waals surface area contributed by atoms with E-state index in [2.05, 4.69) is 6.58 Å². The molecule has 0 saturated carbocycles. The van der Waals surface area contributed by atoms with Gasteiger partial charge in [-0.3, -0.25) is 4.79 Å². The first-order valence-electron chi connectivity index (χ1n) is 5.20. The van der Waals surface area contributed by atoms with E-state index in [9.17, 15) is 22.4 Å². The van der Waals surface area contributed by atoms with Crippen LogP contribution in [0, 0.1) is 5.82 Å². The van der Waals surface area contributed by atoms with Crippen molar-refractivity contribution < 1.29 is 27.5 Å². The SMILES string of the molecule is C=CCN(CC(=O)O)c1ccc(C(F)(F)F)cc1F. The Bertz CT molecular complexity index is 485. The van der Waals surface area contributed by atoms with Crippen molar-refractivity contribution in [2.75, 3.05) is 18.0 Å². The second kappa shape index (κ2) is 5.73. The average Bonchev–Trinajstić information content (AvgIpc) is 2.26. The van der Waals surface area contributed by atoms with Gasteiger partial charge in [0.1, 0.15) is 12.4 Å². The zero-order valence-corrected chi connectivity index (χ0v) is 9.75. The molecule has 1 aromatic carbocycles. The lowest BCUT2D eigenvalue weighted by Crippen LogP contribution is -2.30. The van der Waals surface area contributed by atoms with Crippen LogP contribution < -0.4 is 4.90 Å². The Morgan fingerprint density at radius 3 is 2.47 bits per heavy atom. The van der Waals surface area contributed by atoms with Gasteiger partial charge in [-0.05, 0) is 18.2 Å². The fourth-order valence-electron chi connectivity index (χ4n) is 1.51. The summed E-state index contributed by atoms with van der Waals surface area (Å²) in [7, 11) is 0. The van der Waals surface area contributed by atoms with E-state index in [1.807, 2.05) is 0 Å². The highest BCUT2D eigenvalue weighted by molar-refractivity contribution is 5.74. The molecule has 104 valence electrons. The van der Waals surface area contributed by atoms with E-state index in [0.717, 1.165) is 11.0 Å². The number of carboxylic acids is 1. The van der Waals surface area contributed by atoms with Crippen molar-refractivity contribution in [3.8, 4) is 0 Å². The van der Waals surface area contributed by atoms with Crippen LogP contribution >= 0.6 is 0 Å². The van der Waals surface area contributed by atoms with Gasteiger partial charge in [0.25, 0.3) is 0 Å². The summed E-state index contributed by atoms with van der Waals surface area (Å²) in [6.45, 7) is 2.86. The summed E-state index contributed by atoms with van der Waals surface area (Å²) in [5, 5.41) is 8.67. The van der Waals surface area contributed by atoms with Crippen LogP contribution in [0.25, 0.3) is 0 Å². The van der Waals surface area contributed by atoms with Gasteiger partial charge in [0.05, 0.1) is 11.3 Å². The van der Waals surface area contributed by atoms with Crippen molar-refractivity contribution in [1.82, 2.24) is 0 Å². The number of hydrogen-bond acceptors (Lipinski definition) is 2. The molecular weight excluding hydrogens is 266 g/mol. The molecule has 0 aliphatic heterocycles. The van der Waals surface area contributed by atoms with Gasteiger partial charge in [-0.25, -0.2) is 4.39 Å². The molecule has 0 heterocycles. The maximum absolute atomic E-state index is 13.6. The highest BCUT2D eigenvalue weighted by atomic mass is 19.4. The second-order valence-electron chi connectivity index (χ2n) is 3.73. The number of anilines is 1. The van der Waals surface area contributed by atoms with Crippen LogP contribution in [0.2, 0.25) is 0 Å². The summed E-state index contributed by atoms with van der Waals surface area (Å²) in [5.74, 6) is -2.35. The third-order valence-corrected chi connectivity index (χ3v) is 2.29. The molecule has 1 rings (SSSR count). The minimum Gasteiger partial charge on any atom is -0.480 e. The summed E-state index contributed by atoms with van der Waals surface area (Å²) in [6, 6.07) is 1.95. The molecular formula is C12H11F4NO2. The number of carbonyl (C=O) groups is 1. The largest absolute Gasteiger partial charge is 0.480 e. The van der Waals surface area contributed by atoms with Crippen molar-refractivity contribution in [1.29, 1.82) is 0 Å². The fraction of sp³-hybridized carbons (Fsp3) is 0.250. The maximum atomic E-state index is 13.6. The predicted octanol–water partition coefficient (Wildman–Crippen LogP) is 2.92. The molecule has 0 aliphatic rings. The van der Waals surface area contributed by atoms with Crippen LogP contribution in [0.15, 0.2) is 30.9 Å². The lowest BCUT2D eigenvalue weighted by Gasteiger charge is -2.22. The monoisotopic (exact) mass is 277 g/mol. The van der Waals surface area contributed by atoms with E-state index in [0.29, 0.717) is 12.1 Å². The Hall–Kier alpha value is -2.05. The minimum absolute atomic E-state index is 0.00852. The van der Waals surface area contributed by atoms with Crippen molar-refractivity contribution in [2.24, 2.45) is 0 Å². The zero-order chi connectivity index (χ0) is 14.6. The number of alkyl halides is 3. The molecule has 0 spiro atoms. The number of nitrogens with zero attached hydrogens (tertiary/aromatic N) is 1. The number of aliphatic carboxylic acids is 1. The Morgan fingerprint density at radius 2 is 2.05 bits per heavy atom. The molecule has 0 atom stereocenters. The van der Waals surface area contributed by atoms with Crippen LogP contribution in [-0.2, 0) is 11.0 Å². The third kappa shape index (κ3) is 3.97. The van der Waals surface area contributed by atoms with Crippen LogP contribution in [-0.4, -0.2) is 24.2 Å². The molecule has 1 aromatic rings. The molecule has 0 aliphatic carbocycles. The summed E-state index contributed by atoms with van der Waals surface area (Å²) >= 11 is 0. The number of benzene rings is 1. The van der Waals surface area contributed by atoms with Crippen molar-refractivity contribution in [3.63, 3.8) is 0 Å². The van der Waals surface area contributed by atoms with Crippen LogP contribution in [0.3, 0.4) is 0 Å². The molecule has 0 bridgehead atoms. The van der Waals surface area contributed by atoms with E-state index in [1.54, 1.807) is 0 Å². The summed E-state index contributed by atoms with van der Waals surface area (Å²) in [4.78, 5) is 11.7. The van der Waals surface area contributed by atoms with Crippen molar-refractivity contribution >= 4 is 11.7 Å². The standard InChI is InChI=1S/C12H11F4NO2/c1-2-5-17(7-11(18)19)10-4-3-8(6-9(10)13)12(14,15)16/h2-4,6H,1,5,7H2,(H,18,19). The summed E-state index contributed by atoms with van der Waals surface area (Å²) in [6.07, 6.45) is -3.31. The van der Waals surface area contributed by atoms with Gasteiger partial charge in [-0.15, -0.1) is 6.58 Å². The number of rotatable bonds is 5. The molecule has 19 heavy (non-hydrogen) atoms. The molecule has 0 saturated heterocycles. The van der Waals surface area contributed by atoms with Gasteiger partial charge in [-0.1, -0.05) is 6.08 Å². The molecule has 0 unspecified atom stereocenters. The highest BCUT2D eigenvalue weighted by Gasteiger charge is 2.31. The van der Waals surface area contributed by atoms with Crippen LogP contribution in [0.4, 0.5) is 23.2 Å². The van der Waals surface area contributed by atoms with Crippen LogP contribution in [0.5, 0.6) is 0 Å². The maximum Gasteiger partial charge on any atom is 0.416 e. The average molecular weight is 277 g/mol. The molecule has 0 aromatic heterocycles. The van der Waals surface area contributed by atoms with Gasteiger partial charge in [0, 0.05) is 6.54 Å². The van der Waals surface area contributed by atoms with Crippen LogP contribution in [0.1, 0.15) is 5.56 Å². The van der Waals surface area contributed by atoms with Gasteiger partial charge in [-0.2, -0.15) is 13.2 Å². The third-order valence-electron chi connectivity index (χ3n) is 2.29. The van der Waals surface area contributed by atoms with E-state index in [4.69, 9.17) is 5.11 Å². The molecule has 0 amide bonds. The lowest BCUT2D eigenvalue weighted by atomic mass is 10.1. The van der Waals surface area contributed by atoms with Gasteiger partial charge in [0.2, 0.25) is 0 Å². The first kappa shape index (κ1) is 15.0. The van der Waals surface area contributed by atoms with Crippen molar-refractivity contribution in [3.05, 3.63) is 42.2 Å². The Labute approximate surface area is 106 Å². The molecule has 3 nitrogen and oxygen atoms in total. The predicted molar refractivity (Wildman–Crippen MR) is 61.4 cm³/mol. The van der Waals surface area contributed by atoms with E-state index in [1.165, 1.54) is 6.08 Å². The number of carboxylic acid groups (broad SMARTS) is 1. The zero-order valence-electron chi connectivity index (χ0n) is 9.75. The molecule has 1 N–H and O–H groups in total. The first-order chi connectivity index (χ1) is 8.75. The smallest absolute Gasteiger partial charge is 0.416 e. The fourth-order valence-corrected chi connectivity index (χ4v) is 1.51. The topological polar surface area (TPSA) is 40.5 Å². The van der Waals surface area contributed by atoms with E-state index in [-0.39, 0.29) is 12.2 Å². The summed E-state index contributed by atoms with van der Waals surface area (Å²) < 4.78 is 50.7. The molecule has 7 heteroatoms. The number of hydrogen-bond donors (Lipinski definition) is 1. The molecule has 0 radical (unpaired) electrons. The van der Waals surface area contributed by atoms with Gasteiger partial charge < -0.3 is 10.0 Å². The van der Waals surface area contributed by atoms with E-state index >= 15 is 0 Å². The highest BCUT2D eigenvalue weighted by Crippen LogP contribution is 2.32.